The van der Waals surface area contributed by atoms with Crippen molar-refractivity contribution in [3.63, 3.8) is 0 Å². The minimum Gasteiger partial charge on any atom is -0.398 e. The normalized spacial score (nSPS) is 12.8. The van der Waals surface area contributed by atoms with E-state index in [0.717, 1.165) is 34.4 Å². The van der Waals surface area contributed by atoms with Crippen LogP contribution in [0.1, 0.15) is 18.9 Å². The van der Waals surface area contributed by atoms with E-state index in [4.69, 9.17) is 5.73 Å². The molecule has 0 aliphatic rings. The Morgan fingerprint density at radius 2 is 2.06 bits per heavy atom. The molecule has 0 spiro atoms. The van der Waals surface area contributed by atoms with Crippen molar-refractivity contribution in [2.24, 2.45) is 0 Å². The second kappa shape index (κ2) is 6.26. The molecule has 1 aromatic carbocycles. The fourth-order valence-electron chi connectivity index (χ4n) is 1.60. The molecule has 0 saturated carbocycles. The van der Waals surface area contributed by atoms with Crippen molar-refractivity contribution in [1.82, 2.24) is 4.90 Å². The first-order chi connectivity index (χ1) is 7.90. The molecule has 0 saturated heterocycles. The van der Waals surface area contributed by atoms with Crippen LogP contribution in [0.2, 0.25) is 0 Å². The predicted octanol–water partition coefficient (Wildman–Crippen LogP) is 3.09. The van der Waals surface area contributed by atoms with E-state index in [1.165, 1.54) is 0 Å². The summed E-state index contributed by atoms with van der Waals surface area (Å²) in [6.45, 7) is 5.30. The second-order valence-electron chi connectivity index (χ2n) is 4.83. The Hall–Kier alpha value is -0.740. The molecule has 3 nitrogen and oxygen atoms in total. The van der Waals surface area contributed by atoms with E-state index in [-0.39, 0.29) is 0 Å². The van der Waals surface area contributed by atoms with Gasteiger partial charge >= 0.3 is 0 Å². The lowest BCUT2D eigenvalue weighted by Crippen LogP contribution is -2.23. The van der Waals surface area contributed by atoms with E-state index in [9.17, 15) is 0 Å². The van der Waals surface area contributed by atoms with Crippen LogP contribution < -0.4 is 11.1 Å². The lowest BCUT2D eigenvalue weighted by Gasteiger charge is -2.19. The summed E-state index contributed by atoms with van der Waals surface area (Å²) in [5.41, 5.74) is 8.90. The maximum atomic E-state index is 5.85. The van der Waals surface area contributed by atoms with Crippen LogP contribution in [-0.4, -0.2) is 31.6 Å². The van der Waals surface area contributed by atoms with E-state index < -0.39 is 0 Å². The topological polar surface area (TPSA) is 41.3 Å². The van der Waals surface area contributed by atoms with Crippen LogP contribution in [0.25, 0.3) is 0 Å². The third kappa shape index (κ3) is 4.56. The van der Waals surface area contributed by atoms with Crippen molar-refractivity contribution in [2.45, 2.75) is 26.3 Å². The van der Waals surface area contributed by atoms with E-state index >= 15 is 0 Å². The van der Waals surface area contributed by atoms with E-state index in [1.54, 1.807) is 0 Å². The highest BCUT2D eigenvalue weighted by molar-refractivity contribution is 9.10. The Bertz CT molecular complexity index is 377. The Balaban J connectivity index is 2.65. The zero-order valence-electron chi connectivity index (χ0n) is 11.0. The average Bonchev–Trinajstić information content (AvgIpc) is 2.23. The highest BCUT2D eigenvalue weighted by Crippen LogP contribution is 2.28. The predicted molar refractivity (Wildman–Crippen MR) is 79.5 cm³/mol. The van der Waals surface area contributed by atoms with Gasteiger partial charge in [0.1, 0.15) is 0 Å². The van der Waals surface area contributed by atoms with Gasteiger partial charge in [0.25, 0.3) is 0 Å². The number of nitrogens with two attached hydrogens (primary N) is 1. The van der Waals surface area contributed by atoms with Gasteiger partial charge in [-0.15, -0.1) is 0 Å². The summed E-state index contributed by atoms with van der Waals surface area (Å²) in [5, 5.41) is 3.50. The number of aryl methyl sites for hydroxylation is 1. The summed E-state index contributed by atoms with van der Waals surface area (Å²) in [6, 6.07) is 4.48. The van der Waals surface area contributed by atoms with Crippen molar-refractivity contribution >= 4 is 27.3 Å². The molecular weight excluding hydrogens is 278 g/mol. The second-order valence-corrected chi connectivity index (χ2v) is 5.68. The lowest BCUT2D eigenvalue weighted by atomic mass is 10.1. The molecule has 0 amide bonds. The maximum Gasteiger partial charge on any atom is 0.0490 e. The minimum absolute atomic E-state index is 0.441. The number of rotatable bonds is 5. The van der Waals surface area contributed by atoms with Crippen LogP contribution in [0.4, 0.5) is 11.4 Å². The molecule has 4 heteroatoms. The van der Waals surface area contributed by atoms with E-state index in [1.807, 2.05) is 13.0 Å². The third-order valence-electron chi connectivity index (χ3n) is 2.77. The van der Waals surface area contributed by atoms with Crippen LogP contribution in [0.15, 0.2) is 16.6 Å². The molecule has 0 radical (unpaired) electrons. The number of nitrogens with one attached hydrogen (secondary N) is 1. The fraction of sp³-hybridized carbons (Fsp3) is 0.538. The van der Waals surface area contributed by atoms with E-state index in [0.29, 0.717) is 6.04 Å². The van der Waals surface area contributed by atoms with Gasteiger partial charge in [0.15, 0.2) is 0 Å². The number of hydrogen-bond donors (Lipinski definition) is 2. The molecule has 0 heterocycles. The number of hydrogen-bond acceptors (Lipinski definition) is 3. The smallest absolute Gasteiger partial charge is 0.0490 e. The van der Waals surface area contributed by atoms with Gasteiger partial charge in [0.2, 0.25) is 0 Å². The Morgan fingerprint density at radius 1 is 1.41 bits per heavy atom. The maximum absolute atomic E-state index is 5.85. The molecule has 1 atom stereocenters. The van der Waals surface area contributed by atoms with Gasteiger partial charge in [0.05, 0.1) is 0 Å². The van der Waals surface area contributed by atoms with Gasteiger partial charge in [0, 0.05) is 21.9 Å². The number of nitrogen functional groups attached to an aromatic ring is 1. The molecular formula is C13H22BrN3. The van der Waals surface area contributed by atoms with Gasteiger partial charge in [-0.05, 0) is 74.5 Å². The molecule has 96 valence electrons. The number of anilines is 2. The molecule has 1 aromatic rings. The number of nitrogens with zero attached hydrogens (tertiary/aromatic N) is 1. The highest BCUT2D eigenvalue weighted by Gasteiger charge is 2.07. The van der Waals surface area contributed by atoms with Crippen molar-refractivity contribution in [3.05, 3.63) is 22.2 Å². The summed E-state index contributed by atoms with van der Waals surface area (Å²) in [4.78, 5) is 2.20. The monoisotopic (exact) mass is 299 g/mol. The largest absolute Gasteiger partial charge is 0.398 e. The third-order valence-corrected chi connectivity index (χ3v) is 3.42. The van der Waals surface area contributed by atoms with Crippen molar-refractivity contribution < 1.29 is 0 Å². The summed E-state index contributed by atoms with van der Waals surface area (Å²) < 4.78 is 1.03. The molecule has 3 N–H and O–H groups in total. The van der Waals surface area contributed by atoms with Crippen LogP contribution in [-0.2, 0) is 0 Å². The van der Waals surface area contributed by atoms with Crippen molar-refractivity contribution in [3.8, 4) is 0 Å². The molecule has 0 aromatic heterocycles. The standard InChI is InChI=1S/C13H22BrN3/c1-9-7-13(11(14)8-12(9)15)16-10(2)5-6-17(3)4/h7-8,10,16H,5-6,15H2,1-4H3. The quantitative estimate of drug-likeness (QED) is 0.821. The zero-order valence-corrected chi connectivity index (χ0v) is 12.6. The lowest BCUT2D eigenvalue weighted by molar-refractivity contribution is 0.390. The van der Waals surface area contributed by atoms with Crippen molar-refractivity contribution in [1.29, 1.82) is 0 Å². The Kier molecular flexibility index (Phi) is 5.28. The molecule has 0 bridgehead atoms. The summed E-state index contributed by atoms with van der Waals surface area (Å²) >= 11 is 3.54. The highest BCUT2D eigenvalue weighted by atomic mass is 79.9. The molecule has 17 heavy (non-hydrogen) atoms. The van der Waals surface area contributed by atoms with Gasteiger partial charge in [-0.1, -0.05) is 0 Å². The van der Waals surface area contributed by atoms with Crippen LogP contribution >= 0.6 is 15.9 Å². The Morgan fingerprint density at radius 3 is 2.65 bits per heavy atom. The zero-order chi connectivity index (χ0) is 13.0. The summed E-state index contributed by atoms with van der Waals surface area (Å²) in [7, 11) is 4.19. The average molecular weight is 300 g/mol. The molecule has 0 aliphatic carbocycles. The minimum atomic E-state index is 0.441. The molecule has 1 unspecified atom stereocenters. The Labute approximate surface area is 113 Å². The molecule has 0 aliphatic heterocycles. The summed E-state index contributed by atoms with van der Waals surface area (Å²) in [5.74, 6) is 0. The van der Waals surface area contributed by atoms with Gasteiger partial charge < -0.3 is 16.0 Å². The first-order valence-corrected chi connectivity index (χ1v) is 6.66. The SMILES string of the molecule is Cc1cc(NC(C)CCN(C)C)c(Br)cc1N. The van der Waals surface area contributed by atoms with Crippen LogP contribution in [0.3, 0.4) is 0 Å². The van der Waals surface area contributed by atoms with Gasteiger partial charge in [-0.2, -0.15) is 0 Å². The first kappa shape index (κ1) is 14.3. The van der Waals surface area contributed by atoms with Crippen molar-refractivity contribution in [2.75, 3.05) is 31.7 Å². The summed E-state index contributed by atoms with van der Waals surface area (Å²) in [6.07, 6.45) is 1.11. The van der Waals surface area contributed by atoms with E-state index in [2.05, 4.69) is 53.2 Å². The fourth-order valence-corrected chi connectivity index (χ4v) is 2.07. The van der Waals surface area contributed by atoms with Gasteiger partial charge in [-0.3, -0.25) is 0 Å². The number of halogens is 1. The van der Waals surface area contributed by atoms with Crippen LogP contribution in [0, 0.1) is 6.92 Å². The van der Waals surface area contributed by atoms with Crippen LogP contribution in [0.5, 0.6) is 0 Å². The van der Waals surface area contributed by atoms with Gasteiger partial charge in [-0.25, -0.2) is 0 Å². The first-order valence-electron chi connectivity index (χ1n) is 5.87. The molecule has 1 rings (SSSR count). The molecule has 0 fully saturated rings. The number of benzene rings is 1.